The highest BCUT2D eigenvalue weighted by atomic mass is 35.5. The predicted octanol–water partition coefficient (Wildman–Crippen LogP) is 4.13. The molecule has 0 aliphatic rings. The van der Waals surface area contributed by atoms with Crippen molar-refractivity contribution in [2.75, 3.05) is 0 Å². The Labute approximate surface area is 136 Å². The standard InChI is InChI=1S/C16H12ClNO5/c1-9(15(19)20)21-14-10(17)5-4-8-13(14)23-16-18-11-6-2-3-7-12(11)22-16/h2-9H,1H3,(H,19,20). The second-order valence-electron chi connectivity index (χ2n) is 4.71. The molecule has 0 aliphatic heterocycles. The number of para-hydroxylation sites is 3. The first-order valence-corrected chi connectivity index (χ1v) is 7.14. The third kappa shape index (κ3) is 3.22. The van der Waals surface area contributed by atoms with E-state index < -0.39 is 12.1 Å². The van der Waals surface area contributed by atoms with Crippen molar-refractivity contribution >= 4 is 28.7 Å². The summed E-state index contributed by atoms with van der Waals surface area (Å²) >= 11 is 6.07. The normalized spacial score (nSPS) is 12.1. The highest BCUT2D eigenvalue weighted by Crippen LogP contribution is 2.38. The summed E-state index contributed by atoms with van der Waals surface area (Å²) in [6.07, 6.45) is -1.07. The zero-order chi connectivity index (χ0) is 16.4. The number of carbonyl (C=O) groups is 1. The summed E-state index contributed by atoms with van der Waals surface area (Å²) in [5.74, 6) is -0.777. The Kier molecular flexibility index (Phi) is 4.08. The topological polar surface area (TPSA) is 81.8 Å². The van der Waals surface area contributed by atoms with Crippen LogP contribution in [0.15, 0.2) is 46.9 Å². The molecular weight excluding hydrogens is 322 g/mol. The van der Waals surface area contributed by atoms with Gasteiger partial charge in [0, 0.05) is 0 Å². The first-order valence-electron chi connectivity index (χ1n) is 6.76. The van der Waals surface area contributed by atoms with Gasteiger partial charge in [-0.05, 0) is 31.2 Å². The quantitative estimate of drug-likeness (QED) is 0.756. The van der Waals surface area contributed by atoms with Crippen LogP contribution in [0.25, 0.3) is 11.1 Å². The lowest BCUT2D eigenvalue weighted by Crippen LogP contribution is -2.23. The number of nitrogens with zero attached hydrogens (tertiary/aromatic N) is 1. The molecule has 1 N–H and O–H groups in total. The third-order valence-electron chi connectivity index (χ3n) is 3.04. The highest BCUT2D eigenvalue weighted by Gasteiger charge is 2.19. The van der Waals surface area contributed by atoms with Crippen molar-refractivity contribution in [1.29, 1.82) is 0 Å². The molecule has 0 saturated carbocycles. The van der Waals surface area contributed by atoms with E-state index in [1.807, 2.05) is 12.1 Å². The summed E-state index contributed by atoms with van der Waals surface area (Å²) in [5.41, 5.74) is 1.22. The molecule has 23 heavy (non-hydrogen) atoms. The van der Waals surface area contributed by atoms with Crippen LogP contribution in [0.3, 0.4) is 0 Å². The third-order valence-corrected chi connectivity index (χ3v) is 3.34. The van der Waals surface area contributed by atoms with Crippen molar-refractivity contribution in [2.24, 2.45) is 0 Å². The highest BCUT2D eigenvalue weighted by molar-refractivity contribution is 6.32. The number of halogens is 1. The lowest BCUT2D eigenvalue weighted by molar-refractivity contribution is -0.144. The molecule has 7 heteroatoms. The van der Waals surface area contributed by atoms with E-state index in [9.17, 15) is 4.79 Å². The number of hydrogen-bond acceptors (Lipinski definition) is 5. The maximum atomic E-state index is 11.0. The van der Waals surface area contributed by atoms with Crippen LogP contribution in [0.5, 0.6) is 17.6 Å². The van der Waals surface area contributed by atoms with Crippen molar-refractivity contribution in [2.45, 2.75) is 13.0 Å². The fraction of sp³-hybridized carbons (Fsp3) is 0.125. The molecule has 0 bridgehead atoms. The first kappa shape index (κ1) is 15.2. The number of carboxylic acid groups (broad SMARTS) is 1. The molecule has 1 unspecified atom stereocenters. The van der Waals surface area contributed by atoms with Crippen molar-refractivity contribution in [3.63, 3.8) is 0 Å². The zero-order valence-corrected chi connectivity index (χ0v) is 12.8. The predicted molar refractivity (Wildman–Crippen MR) is 83.3 cm³/mol. The van der Waals surface area contributed by atoms with Crippen LogP contribution in [0.2, 0.25) is 5.02 Å². The number of hydrogen-bond donors (Lipinski definition) is 1. The molecular formula is C16H12ClNO5. The van der Waals surface area contributed by atoms with Gasteiger partial charge in [0.1, 0.15) is 5.52 Å². The Morgan fingerprint density at radius 2 is 2.04 bits per heavy atom. The van der Waals surface area contributed by atoms with Crippen LogP contribution in [-0.4, -0.2) is 22.2 Å². The van der Waals surface area contributed by atoms with E-state index in [0.29, 0.717) is 11.1 Å². The molecule has 1 atom stereocenters. The van der Waals surface area contributed by atoms with Gasteiger partial charge in [-0.15, -0.1) is 0 Å². The minimum atomic E-state index is -1.11. The van der Waals surface area contributed by atoms with Gasteiger partial charge >= 0.3 is 12.0 Å². The Morgan fingerprint density at radius 3 is 2.78 bits per heavy atom. The summed E-state index contributed by atoms with van der Waals surface area (Å²) in [5, 5.41) is 9.20. The van der Waals surface area contributed by atoms with Crippen molar-refractivity contribution in [3.8, 4) is 17.6 Å². The number of aliphatic carboxylic acids is 1. The maximum Gasteiger partial charge on any atom is 0.400 e. The van der Waals surface area contributed by atoms with Crippen LogP contribution in [0, 0.1) is 0 Å². The number of fused-ring (bicyclic) bond motifs is 1. The van der Waals surface area contributed by atoms with Gasteiger partial charge in [-0.3, -0.25) is 0 Å². The summed E-state index contributed by atoms with van der Waals surface area (Å²) in [6, 6.07) is 12.0. The molecule has 2 aromatic carbocycles. The molecule has 0 saturated heterocycles. The monoisotopic (exact) mass is 333 g/mol. The summed E-state index contributed by atoms with van der Waals surface area (Å²) < 4.78 is 16.4. The lowest BCUT2D eigenvalue weighted by atomic mass is 10.3. The molecule has 1 aromatic heterocycles. The molecule has 3 rings (SSSR count). The average molecular weight is 334 g/mol. The van der Waals surface area contributed by atoms with Gasteiger partial charge in [-0.2, -0.15) is 4.98 Å². The number of carboxylic acids is 1. The molecule has 3 aromatic rings. The molecule has 0 amide bonds. The Hall–Kier alpha value is -2.73. The molecule has 0 radical (unpaired) electrons. The van der Waals surface area contributed by atoms with E-state index in [1.165, 1.54) is 6.92 Å². The number of aromatic nitrogens is 1. The van der Waals surface area contributed by atoms with E-state index >= 15 is 0 Å². The van der Waals surface area contributed by atoms with E-state index in [4.69, 9.17) is 30.6 Å². The van der Waals surface area contributed by atoms with Gasteiger partial charge in [-0.25, -0.2) is 4.79 Å². The average Bonchev–Trinajstić information content (AvgIpc) is 2.92. The van der Waals surface area contributed by atoms with Gasteiger partial charge in [-0.1, -0.05) is 29.8 Å². The van der Waals surface area contributed by atoms with Crippen molar-refractivity contribution in [3.05, 3.63) is 47.5 Å². The number of benzene rings is 2. The Balaban J connectivity index is 1.93. The van der Waals surface area contributed by atoms with Gasteiger partial charge < -0.3 is 19.0 Å². The van der Waals surface area contributed by atoms with Gasteiger partial charge in [0.05, 0.1) is 5.02 Å². The molecule has 118 valence electrons. The first-order chi connectivity index (χ1) is 11.0. The van der Waals surface area contributed by atoms with E-state index in [1.54, 1.807) is 30.3 Å². The Morgan fingerprint density at radius 1 is 1.26 bits per heavy atom. The minimum Gasteiger partial charge on any atom is -0.479 e. The number of ether oxygens (including phenoxy) is 2. The van der Waals surface area contributed by atoms with Gasteiger partial charge in [0.2, 0.25) is 0 Å². The fourth-order valence-corrected chi connectivity index (χ4v) is 2.11. The minimum absolute atomic E-state index is 0.0151. The van der Waals surface area contributed by atoms with Gasteiger partial charge in [0.15, 0.2) is 23.2 Å². The van der Waals surface area contributed by atoms with Crippen LogP contribution in [0.1, 0.15) is 6.92 Å². The summed E-state index contributed by atoms with van der Waals surface area (Å²) in [7, 11) is 0. The van der Waals surface area contributed by atoms with Crippen molar-refractivity contribution in [1.82, 2.24) is 4.98 Å². The SMILES string of the molecule is CC(Oc1c(Cl)cccc1Oc1nc2ccccc2o1)C(=O)O. The van der Waals surface area contributed by atoms with E-state index in [-0.39, 0.29) is 22.6 Å². The van der Waals surface area contributed by atoms with Crippen LogP contribution >= 0.6 is 11.6 Å². The summed E-state index contributed by atoms with van der Waals surface area (Å²) in [6.45, 7) is 1.40. The molecule has 0 aliphatic carbocycles. The molecule has 0 fully saturated rings. The number of rotatable bonds is 5. The maximum absolute atomic E-state index is 11.0. The largest absolute Gasteiger partial charge is 0.479 e. The molecule has 6 nitrogen and oxygen atoms in total. The fourth-order valence-electron chi connectivity index (χ4n) is 1.90. The van der Waals surface area contributed by atoms with Crippen LogP contribution < -0.4 is 9.47 Å². The molecule has 0 spiro atoms. The Bertz CT molecular complexity index is 828. The smallest absolute Gasteiger partial charge is 0.400 e. The van der Waals surface area contributed by atoms with E-state index in [0.717, 1.165) is 0 Å². The molecule has 1 heterocycles. The number of oxazole rings is 1. The van der Waals surface area contributed by atoms with Crippen LogP contribution in [0.4, 0.5) is 0 Å². The lowest BCUT2D eigenvalue weighted by Gasteiger charge is -2.14. The second kappa shape index (κ2) is 6.18. The zero-order valence-electron chi connectivity index (χ0n) is 12.0. The van der Waals surface area contributed by atoms with Gasteiger partial charge in [0.25, 0.3) is 0 Å². The second-order valence-corrected chi connectivity index (χ2v) is 5.12. The van der Waals surface area contributed by atoms with E-state index in [2.05, 4.69) is 4.98 Å². The van der Waals surface area contributed by atoms with Crippen LogP contribution in [-0.2, 0) is 4.79 Å². The van der Waals surface area contributed by atoms with Crippen molar-refractivity contribution < 1.29 is 23.8 Å². The summed E-state index contributed by atoms with van der Waals surface area (Å²) in [4.78, 5) is 15.2.